The third-order valence-corrected chi connectivity index (χ3v) is 4.71. The Balaban J connectivity index is 1.51. The van der Waals surface area contributed by atoms with Crippen LogP contribution in [-0.4, -0.2) is 77.9 Å². The summed E-state index contributed by atoms with van der Waals surface area (Å²) in [4.78, 5) is 21.0. The summed E-state index contributed by atoms with van der Waals surface area (Å²) >= 11 is 0. The van der Waals surface area contributed by atoms with Gasteiger partial charge in [-0.05, 0) is 19.9 Å². The van der Waals surface area contributed by atoms with E-state index in [-0.39, 0.29) is 24.7 Å². The number of aromatic nitrogens is 2. The highest BCUT2D eigenvalue weighted by Crippen LogP contribution is 2.22. The zero-order valence-corrected chi connectivity index (χ0v) is 14.0. The third-order valence-electron chi connectivity index (χ3n) is 4.71. The number of likely N-dealkylation sites (N-methyl/N-ethyl adjacent to an activating group) is 1. The van der Waals surface area contributed by atoms with Gasteiger partial charge in [0.1, 0.15) is 12.4 Å². The van der Waals surface area contributed by atoms with Gasteiger partial charge in [0, 0.05) is 45.7 Å². The fourth-order valence-corrected chi connectivity index (χ4v) is 3.22. The molecule has 0 unspecified atom stereocenters. The maximum Gasteiger partial charge on any atom is 0.248 e. The van der Waals surface area contributed by atoms with Crippen molar-refractivity contribution in [3.63, 3.8) is 0 Å². The van der Waals surface area contributed by atoms with Crippen molar-refractivity contribution in [1.82, 2.24) is 19.4 Å². The minimum Gasteiger partial charge on any atom is -0.376 e. The highest BCUT2D eigenvalue weighted by molar-refractivity contribution is 5.77. The zero-order chi connectivity index (χ0) is 16.2. The van der Waals surface area contributed by atoms with Crippen LogP contribution in [0.15, 0.2) is 12.4 Å². The van der Waals surface area contributed by atoms with Crippen LogP contribution in [0.1, 0.15) is 24.7 Å². The minimum atomic E-state index is 0.0512. The summed E-state index contributed by atoms with van der Waals surface area (Å²) in [5, 5.41) is 0. The molecule has 0 saturated carbocycles. The number of carbonyl (C=O) groups is 1. The predicted octanol–water partition coefficient (Wildman–Crippen LogP) is 0.431. The molecule has 1 aromatic rings. The topological polar surface area (TPSA) is 59.8 Å². The second-order valence-corrected chi connectivity index (χ2v) is 6.38. The molecule has 2 fully saturated rings. The van der Waals surface area contributed by atoms with Crippen molar-refractivity contribution in [1.29, 1.82) is 0 Å². The van der Waals surface area contributed by atoms with Crippen LogP contribution >= 0.6 is 0 Å². The molecule has 2 aliphatic rings. The molecule has 1 amide bonds. The van der Waals surface area contributed by atoms with Crippen LogP contribution in [-0.2, 0) is 21.3 Å². The normalized spacial score (nSPS) is 25.9. The lowest BCUT2D eigenvalue weighted by atomic mass is 10.1. The van der Waals surface area contributed by atoms with E-state index in [1.54, 1.807) is 6.20 Å². The van der Waals surface area contributed by atoms with Crippen molar-refractivity contribution in [2.24, 2.45) is 7.05 Å². The number of hydrogen-bond donors (Lipinski definition) is 0. The lowest BCUT2D eigenvalue weighted by molar-refractivity contribution is -0.140. The Hall–Kier alpha value is -1.44. The summed E-state index contributed by atoms with van der Waals surface area (Å²) in [6, 6.07) is 0.130. The molecule has 7 heteroatoms. The Morgan fingerprint density at radius 2 is 2.30 bits per heavy atom. The average molecular weight is 322 g/mol. The molecular formula is C16H26N4O3. The molecule has 3 rings (SSSR count). The third kappa shape index (κ3) is 3.91. The molecule has 0 N–H and O–H groups in total. The fourth-order valence-electron chi connectivity index (χ4n) is 3.22. The van der Waals surface area contributed by atoms with Crippen LogP contribution in [0.3, 0.4) is 0 Å². The number of rotatable bonds is 5. The van der Waals surface area contributed by atoms with Gasteiger partial charge in [-0.2, -0.15) is 0 Å². The van der Waals surface area contributed by atoms with Crippen LogP contribution in [0.2, 0.25) is 0 Å². The molecule has 0 aromatic carbocycles. The first kappa shape index (κ1) is 16.4. The molecule has 23 heavy (non-hydrogen) atoms. The lowest BCUT2D eigenvalue weighted by Gasteiger charge is -2.39. The number of imidazole rings is 1. The average Bonchev–Trinajstić information content (AvgIpc) is 3.19. The Morgan fingerprint density at radius 3 is 3.00 bits per heavy atom. The summed E-state index contributed by atoms with van der Waals surface area (Å²) in [5.74, 6) is 1.04. The second kappa shape index (κ2) is 7.42. The first-order valence-corrected chi connectivity index (χ1v) is 8.29. The van der Waals surface area contributed by atoms with Crippen molar-refractivity contribution < 1.29 is 14.3 Å². The van der Waals surface area contributed by atoms with Gasteiger partial charge in [0.15, 0.2) is 0 Å². The fraction of sp³-hybridized carbons (Fsp3) is 0.750. The molecule has 7 nitrogen and oxygen atoms in total. The Labute approximate surface area is 137 Å². The maximum absolute atomic E-state index is 12.4. The molecule has 2 aliphatic heterocycles. The molecular weight excluding hydrogens is 296 g/mol. The standard InChI is InChI=1S/C16H26N4O3/c1-18-7-8-20(10-14(18)16-17-5-6-19(16)2)15(21)12-22-11-13-4-3-9-23-13/h5-6,13-14H,3-4,7-12H2,1-2H3/t13-,14-/m1/s1. The molecule has 2 atom stereocenters. The van der Waals surface area contributed by atoms with Gasteiger partial charge in [-0.3, -0.25) is 9.69 Å². The summed E-state index contributed by atoms with van der Waals surface area (Å²) in [6.07, 6.45) is 6.02. The largest absolute Gasteiger partial charge is 0.376 e. The maximum atomic E-state index is 12.4. The first-order valence-electron chi connectivity index (χ1n) is 8.29. The van der Waals surface area contributed by atoms with E-state index in [1.165, 1.54) is 0 Å². The summed E-state index contributed by atoms with van der Waals surface area (Å²) in [7, 11) is 4.07. The Morgan fingerprint density at radius 1 is 1.43 bits per heavy atom. The van der Waals surface area contributed by atoms with E-state index in [0.29, 0.717) is 13.2 Å². The number of hydrogen-bond acceptors (Lipinski definition) is 5. The molecule has 1 aromatic heterocycles. The SMILES string of the molecule is CN1CCN(C(=O)COC[C@H]2CCCO2)C[C@@H]1c1nccn1C. The van der Waals surface area contributed by atoms with Gasteiger partial charge in [-0.25, -0.2) is 4.98 Å². The van der Waals surface area contributed by atoms with Crippen molar-refractivity contribution in [2.75, 3.05) is 46.5 Å². The van der Waals surface area contributed by atoms with Gasteiger partial charge in [-0.1, -0.05) is 0 Å². The van der Waals surface area contributed by atoms with Gasteiger partial charge < -0.3 is 18.9 Å². The van der Waals surface area contributed by atoms with E-state index in [2.05, 4.69) is 16.9 Å². The van der Waals surface area contributed by atoms with Gasteiger partial charge in [-0.15, -0.1) is 0 Å². The molecule has 2 saturated heterocycles. The molecule has 0 radical (unpaired) electrons. The van der Waals surface area contributed by atoms with E-state index in [0.717, 1.165) is 38.4 Å². The Bertz CT molecular complexity index is 527. The van der Waals surface area contributed by atoms with Crippen LogP contribution in [0.4, 0.5) is 0 Å². The van der Waals surface area contributed by atoms with Crippen LogP contribution < -0.4 is 0 Å². The molecule has 3 heterocycles. The number of aryl methyl sites for hydroxylation is 1. The van der Waals surface area contributed by atoms with Gasteiger partial charge in [0.2, 0.25) is 5.91 Å². The lowest BCUT2D eigenvalue weighted by Crippen LogP contribution is -2.50. The summed E-state index contributed by atoms with van der Waals surface area (Å²) in [6.45, 7) is 3.70. The molecule has 0 aliphatic carbocycles. The minimum absolute atomic E-state index is 0.0512. The summed E-state index contributed by atoms with van der Waals surface area (Å²) < 4.78 is 13.1. The number of piperazine rings is 1. The van der Waals surface area contributed by atoms with Crippen molar-refractivity contribution in [3.8, 4) is 0 Å². The number of nitrogens with zero attached hydrogens (tertiary/aromatic N) is 4. The van der Waals surface area contributed by atoms with Crippen LogP contribution in [0, 0.1) is 0 Å². The Kier molecular flexibility index (Phi) is 5.30. The summed E-state index contributed by atoms with van der Waals surface area (Å²) in [5.41, 5.74) is 0. The second-order valence-electron chi connectivity index (χ2n) is 6.38. The highest BCUT2D eigenvalue weighted by atomic mass is 16.5. The van der Waals surface area contributed by atoms with E-state index in [1.807, 2.05) is 22.7 Å². The predicted molar refractivity (Wildman–Crippen MR) is 85.0 cm³/mol. The number of amides is 1. The van der Waals surface area contributed by atoms with Crippen LogP contribution in [0.25, 0.3) is 0 Å². The smallest absolute Gasteiger partial charge is 0.248 e. The number of carbonyl (C=O) groups excluding carboxylic acids is 1. The van der Waals surface area contributed by atoms with E-state index in [4.69, 9.17) is 9.47 Å². The monoisotopic (exact) mass is 322 g/mol. The van der Waals surface area contributed by atoms with Gasteiger partial charge in [0.05, 0.1) is 18.8 Å². The van der Waals surface area contributed by atoms with E-state index < -0.39 is 0 Å². The quantitative estimate of drug-likeness (QED) is 0.787. The van der Waals surface area contributed by atoms with Gasteiger partial charge >= 0.3 is 0 Å². The van der Waals surface area contributed by atoms with E-state index in [9.17, 15) is 4.79 Å². The van der Waals surface area contributed by atoms with E-state index >= 15 is 0 Å². The van der Waals surface area contributed by atoms with Crippen molar-refractivity contribution >= 4 is 5.91 Å². The van der Waals surface area contributed by atoms with Crippen LogP contribution in [0.5, 0.6) is 0 Å². The first-order chi connectivity index (χ1) is 11.1. The number of ether oxygens (including phenoxy) is 2. The van der Waals surface area contributed by atoms with Crippen molar-refractivity contribution in [3.05, 3.63) is 18.2 Å². The highest BCUT2D eigenvalue weighted by Gasteiger charge is 2.30. The zero-order valence-electron chi connectivity index (χ0n) is 14.0. The van der Waals surface area contributed by atoms with Crippen molar-refractivity contribution in [2.45, 2.75) is 25.0 Å². The molecule has 128 valence electrons. The molecule has 0 bridgehead atoms. The molecule has 0 spiro atoms. The van der Waals surface area contributed by atoms with Gasteiger partial charge in [0.25, 0.3) is 0 Å².